The number of esters is 1. The minimum Gasteiger partial charge on any atom is -0.507 e. The van der Waals surface area contributed by atoms with Gasteiger partial charge in [0.05, 0.1) is 37.5 Å². The molecule has 0 bridgehead atoms. The third-order valence-corrected chi connectivity index (χ3v) is 5.11. The second-order valence-corrected chi connectivity index (χ2v) is 6.87. The number of aliphatic hydroxyl groups is 1. The van der Waals surface area contributed by atoms with Gasteiger partial charge in [-0.15, -0.1) is 0 Å². The van der Waals surface area contributed by atoms with Gasteiger partial charge < -0.3 is 24.4 Å². The average molecular weight is 413 g/mol. The van der Waals surface area contributed by atoms with Crippen LogP contribution >= 0.6 is 11.8 Å². The summed E-state index contributed by atoms with van der Waals surface area (Å²) in [5.74, 6) is -0.333. The van der Waals surface area contributed by atoms with Gasteiger partial charge >= 0.3 is 5.97 Å². The second kappa shape index (κ2) is 8.74. The van der Waals surface area contributed by atoms with Crippen LogP contribution in [0.5, 0.6) is 17.2 Å². The first-order valence-electron chi connectivity index (χ1n) is 8.49. The summed E-state index contributed by atoms with van der Waals surface area (Å²) in [5, 5.41) is 21.3. The number of ether oxygens (including phenoxy) is 3. The lowest BCUT2D eigenvalue weighted by atomic mass is 10.1. The highest BCUT2D eigenvalue weighted by atomic mass is 32.2. The Bertz CT molecular complexity index is 1030. The quantitative estimate of drug-likeness (QED) is 0.709. The Morgan fingerprint density at radius 2 is 1.79 bits per heavy atom. The molecule has 0 unspecified atom stereocenters. The minimum absolute atomic E-state index is 0.0421. The lowest BCUT2D eigenvalue weighted by Crippen LogP contribution is -2.10. The Labute approximate surface area is 171 Å². The van der Waals surface area contributed by atoms with Crippen LogP contribution in [0.3, 0.4) is 0 Å². The number of aliphatic imine (C=N–C) groups is 1. The van der Waals surface area contributed by atoms with Gasteiger partial charge in [-0.1, -0.05) is 30.0 Å². The summed E-state index contributed by atoms with van der Waals surface area (Å²) in [6.45, 7) is 0. The summed E-state index contributed by atoms with van der Waals surface area (Å²) >= 11 is 1.09. The van der Waals surface area contributed by atoms with Gasteiger partial charge in [0.1, 0.15) is 33.6 Å². The molecule has 2 aromatic rings. The zero-order valence-corrected chi connectivity index (χ0v) is 16.8. The maximum absolute atomic E-state index is 12.2. The number of carbonyl (C=O) groups excluding carboxylic acids is 1. The van der Waals surface area contributed by atoms with E-state index in [9.17, 15) is 15.0 Å². The number of thioether (sulfide) groups is 1. The topological polar surface area (TPSA) is 97.6 Å². The molecule has 8 heteroatoms. The molecule has 1 heterocycles. The number of carbonyl (C=O) groups is 1. The van der Waals surface area contributed by atoms with Gasteiger partial charge in [-0.05, 0) is 18.2 Å². The summed E-state index contributed by atoms with van der Waals surface area (Å²) in [4.78, 5) is 17.0. The molecule has 0 aromatic heterocycles. The SMILES string of the molecule is COC(=O)C1=C(O)/C(=C\c2c(O)cc(OC)cc2OC)SC1=Nc1ccccc1. The zero-order chi connectivity index (χ0) is 21.0. The third kappa shape index (κ3) is 4.22. The first-order valence-corrected chi connectivity index (χ1v) is 9.30. The molecule has 0 fully saturated rings. The number of hydrogen-bond acceptors (Lipinski definition) is 8. The summed E-state index contributed by atoms with van der Waals surface area (Å²) in [6.07, 6.45) is 1.52. The number of nitrogens with zero attached hydrogens (tertiary/aromatic N) is 1. The van der Waals surface area contributed by atoms with Crippen molar-refractivity contribution in [2.75, 3.05) is 21.3 Å². The average Bonchev–Trinajstić information content (AvgIpc) is 3.04. The van der Waals surface area contributed by atoms with E-state index in [2.05, 4.69) is 4.99 Å². The number of hydrogen-bond donors (Lipinski definition) is 2. The molecule has 0 saturated heterocycles. The number of rotatable bonds is 5. The molecule has 7 nitrogen and oxygen atoms in total. The predicted molar refractivity (Wildman–Crippen MR) is 112 cm³/mol. The van der Waals surface area contributed by atoms with Gasteiger partial charge in [0.2, 0.25) is 0 Å². The Balaban J connectivity index is 2.11. The van der Waals surface area contributed by atoms with Crippen LogP contribution in [0.1, 0.15) is 5.56 Å². The zero-order valence-electron chi connectivity index (χ0n) is 16.0. The summed E-state index contributed by atoms with van der Waals surface area (Å²) in [5.41, 5.74) is 0.905. The number of benzene rings is 2. The molecule has 2 aromatic carbocycles. The smallest absolute Gasteiger partial charge is 0.344 e. The monoisotopic (exact) mass is 413 g/mol. The summed E-state index contributed by atoms with van der Waals surface area (Å²) < 4.78 is 15.2. The molecule has 3 rings (SSSR count). The van der Waals surface area contributed by atoms with Gasteiger partial charge in [0.25, 0.3) is 0 Å². The first kappa shape index (κ1) is 20.3. The standard InChI is InChI=1S/C21H19NO6S/c1-26-13-9-15(23)14(16(10-13)27-2)11-17-19(24)18(21(25)28-3)20(29-17)22-12-7-5-4-6-8-12/h4-11,23-24H,1-3H3/b17-11+,22-20?. The number of phenolic OH excluding ortho intramolecular Hbond substituents is 1. The summed E-state index contributed by atoms with van der Waals surface area (Å²) in [7, 11) is 4.16. The van der Waals surface area contributed by atoms with E-state index in [1.54, 1.807) is 18.2 Å². The number of methoxy groups -OCH3 is 3. The Morgan fingerprint density at radius 1 is 1.07 bits per heavy atom. The fourth-order valence-corrected chi connectivity index (χ4v) is 3.68. The lowest BCUT2D eigenvalue weighted by Gasteiger charge is -2.10. The second-order valence-electron chi connectivity index (χ2n) is 5.84. The first-order chi connectivity index (χ1) is 14.0. The van der Waals surface area contributed by atoms with Crippen molar-refractivity contribution in [2.45, 2.75) is 0 Å². The van der Waals surface area contributed by atoms with Gasteiger partial charge in [0.15, 0.2) is 0 Å². The largest absolute Gasteiger partial charge is 0.507 e. The van der Waals surface area contributed by atoms with Crippen molar-refractivity contribution in [3.8, 4) is 17.2 Å². The maximum atomic E-state index is 12.2. The number of para-hydroxylation sites is 1. The molecular formula is C21H19NO6S. The van der Waals surface area contributed by atoms with Crippen molar-refractivity contribution in [3.63, 3.8) is 0 Å². The van der Waals surface area contributed by atoms with Crippen molar-refractivity contribution in [1.29, 1.82) is 0 Å². The molecule has 0 amide bonds. The molecule has 150 valence electrons. The molecule has 29 heavy (non-hydrogen) atoms. The van der Waals surface area contributed by atoms with Crippen LogP contribution in [0.15, 0.2) is 63.7 Å². The Kier molecular flexibility index (Phi) is 6.13. The Hall–Kier alpha value is -3.39. The Morgan fingerprint density at radius 3 is 2.41 bits per heavy atom. The van der Waals surface area contributed by atoms with E-state index < -0.39 is 5.97 Å². The van der Waals surface area contributed by atoms with Crippen LogP contribution in [-0.2, 0) is 9.53 Å². The van der Waals surface area contributed by atoms with Crippen LogP contribution in [0.25, 0.3) is 6.08 Å². The predicted octanol–water partition coefficient (Wildman–Crippen LogP) is 4.21. The van der Waals surface area contributed by atoms with Crippen molar-refractivity contribution in [2.24, 2.45) is 4.99 Å². The molecule has 0 spiro atoms. The molecule has 0 aliphatic carbocycles. The lowest BCUT2D eigenvalue weighted by molar-refractivity contribution is -0.135. The number of aliphatic hydroxyl groups excluding tert-OH is 1. The molecule has 0 radical (unpaired) electrons. The van der Waals surface area contributed by atoms with Crippen LogP contribution in [-0.4, -0.2) is 42.6 Å². The van der Waals surface area contributed by atoms with Crippen molar-refractivity contribution in [1.82, 2.24) is 0 Å². The minimum atomic E-state index is -0.709. The van der Waals surface area contributed by atoms with Crippen molar-refractivity contribution >= 4 is 34.5 Å². The van der Waals surface area contributed by atoms with Crippen LogP contribution < -0.4 is 9.47 Å². The maximum Gasteiger partial charge on any atom is 0.344 e. The molecule has 1 aliphatic heterocycles. The van der Waals surface area contributed by atoms with Gasteiger partial charge in [-0.25, -0.2) is 9.79 Å². The van der Waals surface area contributed by atoms with Gasteiger partial charge in [0, 0.05) is 12.1 Å². The van der Waals surface area contributed by atoms with E-state index in [1.165, 1.54) is 33.5 Å². The van der Waals surface area contributed by atoms with Crippen molar-refractivity contribution in [3.05, 3.63) is 64.3 Å². The van der Waals surface area contributed by atoms with E-state index in [0.29, 0.717) is 32.7 Å². The van der Waals surface area contributed by atoms with Crippen LogP contribution in [0.2, 0.25) is 0 Å². The molecule has 0 atom stereocenters. The molecular weight excluding hydrogens is 394 g/mol. The normalized spacial score (nSPS) is 16.4. The highest BCUT2D eigenvalue weighted by Gasteiger charge is 2.33. The summed E-state index contributed by atoms with van der Waals surface area (Å²) in [6, 6.07) is 12.1. The van der Waals surface area contributed by atoms with Crippen molar-refractivity contribution < 1.29 is 29.2 Å². The highest BCUT2D eigenvalue weighted by Crippen LogP contribution is 2.43. The number of aromatic hydroxyl groups is 1. The third-order valence-electron chi connectivity index (χ3n) is 4.09. The van der Waals surface area contributed by atoms with Crippen LogP contribution in [0, 0.1) is 0 Å². The molecule has 0 saturated carbocycles. The van der Waals surface area contributed by atoms with Gasteiger partial charge in [-0.3, -0.25) is 0 Å². The van der Waals surface area contributed by atoms with E-state index in [0.717, 1.165) is 11.8 Å². The fourth-order valence-electron chi connectivity index (χ4n) is 2.66. The van der Waals surface area contributed by atoms with E-state index in [1.807, 2.05) is 18.2 Å². The van der Waals surface area contributed by atoms with Crippen LogP contribution in [0.4, 0.5) is 5.69 Å². The fraction of sp³-hybridized carbons (Fsp3) is 0.143. The van der Waals surface area contributed by atoms with E-state index >= 15 is 0 Å². The van der Waals surface area contributed by atoms with E-state index in [-0.39, 0.29) is 17.1 Å². The highest BCUT2D eigenvalue weighted by molar-refractivity contribution is 8.18. The molecule has 1 aliphatic rings. The van der Waals surface area contributed by atoms with Gasteiger partial charge in [-0.2, -0.15) is 0 Å². The molecule has 2 N–H and O–H groups in total. The number of phenols is 1. The van der Waals surface area contributed by atoms with E-state index in [4.69, 9.17) is 14.2 Å².